The third-order valence-electron chi connectivity index (χ3n) is 6.27. The molecule has 4 unspecified atom stereocenters. The highest BCUT2D eigenvalue weighted by Crippen LogP contribution is 2.44. The molecule has 0 aromatic heterocycles. The second-order valence-electron chi connectivity index (χ2n) is 9.38. The van der Waals surface area contributed by atoms with Gasteiger partial charge in [-0.15, -0.1) is 0 Å². The van der Waals surface area contributed by atoms with E-state index in [-0.39, 0.29) is 36.8 Å². The SMILES string of the molecule is CC1C[C@@H](OCC2O[C@@H]3OC(C)(C)OC3[C@H]3OC(C)(C)O[C@@H]23)OC(C)[C@@H]1C. The minimum Gasteiger partial charge on any atom is -0.350 e. The lowest BCUT2D eigenvalue weighted by Gasteiger charge is -2.40. The predicted molar refractivity (Wildman–Crippen MR) is 95.8 cm³/mol. The molecule has 156 valence electrons. The monoisotopic (exact) mass is 386 g/mol. The van der Waals surface area contributed by atoms with Crippen molar-refractivity contribution in [3.8, 4) is 0 Å². The molecule has 4 heterocycles. The maximum Gasteiger partial charge on any atom is 0.190 e. The zero-order valence-electron chi connectivity index (χ0n) is 17.5. The number of hydrogen-bond donors (Lipinski definition) is 0. The molecule has 27 heavy (non-hydrogen) atoms. The van der Waals surface area contributed by atoms with Gasteiger partial charge >= 0.3 is 0 Å². The van der Waals surface area contributed by atoms with Gasteiger partial charge in [0.15, 0.2) is 24.2 Å². The van der Waals surface area contributed by atoms with Crippen molar-refractivity contribution in [2.24, 2.45) is 11.8 Å². The highest BCUT2D eigenvalue weighted by atomic mass is 16.9. The van der Waals surface area contributed by atoms with Crippen molar-refractivity contribution in [1.82, 2.24) is 0 Å². The van der Waals surface area contributed by atoms with E-state index < -0.39 is 17.9 Å². The van der Waals surface area contributed by atoms with E-state index >= 15 is 0 Å². The van der Waals surface area contributed by atoms with Gasteiger partial charge < -0.3 is 33.2 Å². The maximum atomic E-state index is 6.19. The number of rotatable bonds is 3. The van der Waals surface area contributed by atoms with Crippen LogP contribution < -0.4 is 0 Å². The van der Waals surface area contributed by atoms with Gasteiger partial charge in [-0.05, 0) is 46.5 Å². The van der Waals surface area contributed by atoms with Crippen molar-refractivity contribution in [3.05, 3.63) is 0 Å². The van der Waals surface area contributed by atoms with E-state index in [2.05, 4.69) is 20.8 Å². The number of hydrogen-bond acceptors (Lipinski definition) is 7. The Morgan fingerprint density at radius 3 is 2.15 bits per heavy atom. The molecule has 4 aliphatic rings. The largest absolute Gasteiger partial charge is 0.350 e. The van der Waals surface area contributed by atoms with Crippen molar-refractivity contribution >= 4 is 0 Å². The molecule has 0 aromatic rings. The molecule has 0 bridgehead atoms. The standard InChI is InChI=1S/C20H34O7/c1-10-8-14(22-12(3)11(10)2)21-9-13-15-16(25-19(4,5)24-15)17-18(23-13)27-20(6,7)26-17/h10-18H,8-9H2,1-7H3/t10?,11-,12?,13?,14+,15+,16+,17?,18-/m1/s1. The molecule has 0 radical (unpaired) electrons. The zero-order chi connectivity index (χ0) is 19.6. The number of ether oxygens (including phenoxy) is 7. The molecule has 0 saturated carbocycles. The van der Waals surface area contributed by atoms with Crippen LogP contribution in [0.3, 0.4) is 0 Å². The Morgan fingerprint density at radius 1 is 0.815 bits per heavy atom. The Labute approximate surface area is 161 Å². The predicted octanol–water partition coefficient (Wildman–Crippen LogP) is 2.81. The fourth-order valence-electron chi connectivity index (χ4n) is 4.54. The van der Waals surface area contributed by atoms with Gasteiger partial charge in [0.2, 0.25) is 0 Å². The van der Waals surface area contributed by atoms with E-state index in [1.165, 1.54) is 0 Å². The lowest BCUT2D eigenvalue weighted by atomic mass is 9.86. The van der Waals surface area contributed by atoms with E-state index in [9.17, 15) is 0 Å². The summed E-state index contributed by atoms with van der Waals surface area (Å²) in [4.78, 5) is 0. The Kier molecular flexibility index (Phi) is 5.12. The zero-order valence-corrected chi connectivity index (χ0v) is 17.5. The van der Waals surface area contributed by atoms with Crippen molar-refractivity contribution in [1.29, 1.82) is 0 Å². The summed E-state index contributed by atoms with van der Waals surface area (Å²) in [6, 6.07) is 0. The molecule has 4 aliphatic heterocycles. The third kappa shape index (κ3) is 3.92. The van der Waals surface area contributed by atoms with Gasteiger partial charge in [0.25, 0.3) is 0 Å². The Bertz CT molecular complexity index is 538. The van der Waals surface area contributed by atoms with Gasteiger partial charge in [0.1, 0.15) is 24.4 Å². The summed E-state index contributed by atoms with van der Waals surface area (Å²) in [5.74, 6) is -0.318. The van der Waals surface area contributed by atoms with Crippen LogP contribution in [-0.4, -0.2) is 61.3 Å². The molecule has 0 spiro atoms. The highest BCUT2D eigenvalue weighted by Gasteiger charge is 2.60. The summed E-state index contributed by atoms with van der Waals surface area (Å²) in [7, 11) is 0. The van der Waals surface area contributed by atoms with Gasteiger partial charge in [-0.3, -0.25) is 0 Å². The summed E-state index contributed by atoms with van der Waals surface area (Å²) in [5, 5.41) is 0. The van der Waals surface area contributed by atoms with Crippen LogP contribution in [0.4, 0.5) is 0 Å². The van der Waals surface area contributed by atoms with Gasteiger partial charge in [0.05, 0.1) is 12.7 Å². The first kappa shape index (κ1) is 20.0. The molecule has 4 fully saturated rings. The molecule has 0 aromatic carbocycles. The summed E-state index contributed by atoms with van der Waals surface area (Å²) < 4.78 is 42.6. The number of fused-ring (bicyclic) bond motifs is 3. The molecule has 7 nitrogen and oxygen atoms in total. The van der Waals surface area contributed by atoms with E-state index in [0.29, 0.717) is 18.4 Å². The van der Waals surface area contributed by atoms with Crippen molar-refractivity contribution in [3.63, 3.8) is 0 Å². The van der Waals surface area contributed by atoms with Crippen molar-refractivity contribution in [2.45, 2.75) is 110 Å². The van der Waals surface area contributed by atoms with Gasteiger partial charge in [0, 0.05) is 6.42 Å². The Hall–Kier alpha value is -0.280. The third-order valence-corrected chi connectivity index (χ3v) is 6.27. The Balaban J connectivity index is 1.43. The Morgan fingerprint density at radius 2 is 1.44 bits per heavy atom. The van der Waals surface area contributed by atoms with E-state index in [1.807, 2.05) is 27.7 Å². The van der Waals surface area contributed by atoms with Crippen molar-refractivity contribution < 1.29 is 33.2 Å². The smallest absolute Gasteiger partial charge is 0.190 e. The maximum absolute atomic E-state index is 6.19. The molecular weight excluding hydrogens is 352 g/mol. The normalized spacial score (nSPS) is 51.0. The fourth-order valence-corrected chi connectivity index (χ4v) is 4.54. The summed E-state index contributed by atoms with van der Waals surface area (Å²) >= 11 is 0. The molecule has 4 rings (SSSR count). The van der Waals surface area contributed by atoms with Gasteiger partial charge in [-0.2, -0.15) is 0 Å². The minimum atomic E-state index is -0.709. The minimum absolute atomic E-state index is 0.181. The second kappa shape index (κ2) is 6.90. The van der Waals surface area contributed by atoms with Crippen LogP contribution in [0.25, 0.3) is 0 Å². The van der Waals surface area contributed by atoms with E-state index in [0.717, 1.165) is 6.42 Å². The first-order valence-corrected chi connectivity index (χ1v) is 10.2. The van der Waals surface area contributed by atoms with Gasteiger partial charge in [-0.1, -0.05) is 13.8 Å². The van der Waals surface area contributed by atoms with E-state index in [1.54, 1.807) is 0 Å². The van der Waals surface area contributed by atoms with Crippen LogP contribution in [-0.2, 0) is 33.2 Å². The van der Waals surface area contributed by atoms with Crippen LogP contribution in [0.5, 0.6) is 0 Å². The fraction of sp³-hybridized carbons (Fsp3) is 1.00. The topological polar surface area (TPSA) is 64.6 Å². The molecule has 0 aliphatic carbocycles. The van der Waals surface area contributed by atoms with Gasteiger partial charge in [-0.25, -0.2) is 0 Å². The quantitative estimate of drug-likeness (QED) is 0.739. The lowest BCUT2D eigenvalue weighted by Crippen LogP contribution is -2.56. The molecule has 4 saturated heterocycles. The average molecular weight is 386 g/mol. The lowest BCUT2D eigenvalue weighted by molar-refractivity contribution is -0.270. The van der Waals surface area contributed by atoms with E-state index in [4.69, 9.17) is 33.2 Å². The summed E-state index contributed by atoms with van der Waals surface area (Å²) in [6.45, 7) is 14.5. The molecule has 7 heteroatoms. The van der Waals surface area contributed by atoms with Crippen LogP contribution >= 0.6 is 0 Å². The summed E-state index contributed by atoms with van der Waals surface area (Å²) in [5.41, 5.74) is 0. The van der Waals surface area contributed by atoms with Crippen LogP contribution in [0.15, 0.2) is 0 Å². The molecular formula is C20H34O7. The first-order valence-electron chi connectivity index (χ1n) is 10.2. The van der Waals surface area contributed by atoms with Crippen LogP contribution in [0.1, 0.15) is 54.9 Å². The van der Waals surface area contributed by atoms with Crippen LogP contribution in [0.2, 0.25) is 0 Å². The second-order valence-corrected chi connectivity index (χ2v) is 9.38. The molecule has 0 N–H and O–H groups in total. The molecule has 0 amide bonds. The summed E-state index contributed by atoms with van der Waals surface area (Å²) in [6.07, 6.45) is -0.778. The first-order chi connectivity index (χ1) is 12.5. The highest BCUT2D eigenvalue weighted by molar-refractivity contribution is 5.00. The van der Waals surface area contributed by atoms with Crippen molar-refractivity contribution in [2.75, 3.05) is 6.61 Å². The van der Waals surface area contributed by atoms with Crippen LogP contribution in [0, 0.1) is 11.8 Å². The average Bonchev–Trinajstić information content (AvgIpc) is 3.04. The molecule has 9 atom stereocenters.